The predicted octanol–water partition coefficient (Wildman–Crippen LogP) is 3.06. The molecule has 1 aromatic heterocycles. The molecule has 2 aromatic carbocycles. The molecule has 21 heavy (non-hydrogen) atoms. The van der Waals surface area contributed by atoms with Gasteiger partial charge in [0.15, 0.2) is 0 Å². The van der Waals surface area contributed by atoms with Gasteiger partial charge < -0.3 is 5.32 Å². The van der Waals surface area contributed by atoms with Crippen LogP contribution in [0.15, 0.2) is 48.7 Å². The van der Waals surface area contributed by atoms with E-state index in [9.17, 15) is 4.79 Å². The lowest BCUT2D eigenvalue weighted by atomic mass is 10.1. The van der Waals surface area contributed by atoms with Gasteiger partial charge in [0.2, 0.25) is 0 Å². The second-order valence-corrected chi connectivity index (χ2v) is 4.98. The monoisotopic (exact) mass is 279 g/mol. The molecule has 3 aromatic rings. The molecular formula is C17H17N3O. The molecule has 0 bridgehead atoms. The number of hydrogen-bond donors (Lipinski definition) is 2. The number of nitrogens with zero attached hydrogens (tertiary/aromatic N) is 1. The Labute approximate surface area is 123 Å². The van der Waals surface area contributed by atoms with Crippen LogP contribution in [0.3, 0.4) is 0 Å². The van der Waals surface area contributed by atoms with Crippen molar-refractivity contribution in [2.75, 3.05) is 0 Å². The molecule has 4 nitrogen and oxygen atoms in total. The summed E-state index contributed by atoms with van der Waals surface area (Å²) in [6.45, 7) is 2.66. The van der Waals surface area contributed by atoms with Crippen LogP contribution in [0.25, 0.3) is 10.9 Å². The van der Waals surface area contributed by atoms with Crippen LogP contribution in [0.1, 0.15) is 28.4 Å². The van der Waals surface area contributed by atoms with Crippen LogP contribution in [0.4, 0.5) is 0 Å². The SMILES string of the molecule is CCc1ccccc1CNC(=O)c1ccc2cn[nH]c2c1. The summed E-state index contributed by atoms with van der Waals surface area (Å²) in [6, 6.07) is 13.7. The first-order chi connectivity index (χ1) is 10.3. The quantitative estimate of drug-likeness (QED) is 0.771. The second-order valence-electron chi connectivity index (χ2n) is 4.98. The molecule has 0 unspecified atom stereocenters. The molecule has 4 heteroatoms. The summed E-state index contributed by atoms with van der Waals surface area (Å²) in [5.74, 6) is -0.0718. The minimum Gasteiger partial charge on any atom is -0.348 e. The van der Waals surface area contributed by atoms with Gasteiger partial charge in [0.25, 0.3) is 5.91 Å². The molecule has 0 atom stereocenters. The molecular weight excluding hydrogens is 262 g/mol. The van der Waals surface area contributed by atoms with E-state index in [1.807, 2.05) is 30.3 Å². The van der Waals surface area contributed by atoms with Crippen LogP contribution in [0, 0.1) is 0 Å². The van der Waals surface area contributed by atoms with Crippen molar-refractivity contribution in [3.63, 3.8) is 0 Å². The Bertz CT molecular complexity index is 776. The maximum atomic E-state index is 12.2. The molecule has 0 fully saturated rings. The number of nitrogens with one attached hydrogen (secondary N) is 2. The molecule has 0 saturated carbocycles. The van der Waals surface area contributed by atoms with Crippen molar-refractivity contribution < 1.29 is 4.79 Å². The zero-order valence-corrected chi connectivity index (χ0v) is 11.9. The highest BCUT2D eigenvalue weighted by atomic mass is 16.1. The molecule has 0 aliphatic heterocycles. The Kier molecular flexibility index (Phi) is 3.69. The van der Waals surface area contributed by atoms with Crippen molar-refractivity contribution in [2.45, 2.75) is 19.9 Å². The van der Waals surface area contributed by atoms with Gasteiger partial charge in [-0.2, -0.15) is 5.10 Å². The topological polar surface area (TPSA) is 57.8 Å². The molecule has 1 amide bonds. The predicted molar refractivity (Wildman–Crippen MR) is 83.1 cm³/mol. The van der Waals surface area contributed by atoms with Crippen LogP contribution < -0.4 is 5.32 Å². The normalized spacial score (nSPS) is 10.7. The van der Waals surface area contributed by atoms with Gasteiger partial charge in [-0.15, -0.1) is 0 Å². The third-order valence-electron chi connectivity index (χ3n) is 3.64. The summed E-state index contributed by atoms with van der Waals surface area (Å²) in [5, 5.41) is 10.8. The minimum atomic E-state index is -0.0718. The van der Waals surface area contributed by atoms with E-state index < -0.39 is 0 Å². The molecule has 0 aliphatic rings. The lowest BCUT2D eigenvalue weighted by Gasteiger charge is -2.09. The number of aromatic amines is 1. The standard InChI is InChI=1S/C17H17N3O/c1-2-12-5-3-4-6-14(12)10-18-17(21)13-7-8-15-11-19-20-16(15)9-13/h3-9,11H,2,10H2,1H3,(H,18,21)(H,19,20). The highest BCUT2D eigenvalue weighted by molar-refractivity contribution is 5.97. The van der Waals surface area contributed by atoms with E-state index in [0.717, 1.165) is 22.9 Å². The summed E-state index contributed by atoms with van der Waals surface area (Å²) in [5.41, 5.74) is 3.94. The van der Waals surface area contributed by atoms with Gasteiger partial charge in [-0.1, -0.05) is 37.3 Å². The molecule has 2 N–H and O–H groups in total. The van der Waals surface area contributed by atoms with Crippen LogP contribution in [0.5, 0.6) is 0 Å². The minimum absolute atomic E-state index is 0.0718. The Morgan fingerprint density at radius 1 is 1.19 bits per heavy atom. The fourth-order valence-electron chi connectivity index (χ4n) is 2.43. The summed E-state index contributed by atoms with van der Waals surface area (Å²) >= 11 is 0. The molecule has 0 spiro atoms. The highest BCUT2D eigenvalue weighted by Gasteiger charge is 2.08. The van der Waals surface area contributed by atoms with E-state index in [0.29, 0.717) is 12.1 Å². The summed E-state index contributed by atoms with van der Waals surface area (Å²) < 4.78 is 0. The summed E-state index contributed by atoms with van der Waals surface area (Å²) in [4.78, 5) is 12.2. The van der Waals surface area contributed by atoms with E-state index in [2.05, 4.69) is 34.6 Å². The Balaban J connectivity index is 1.74. The zero-order valence-electron chi connectivity index (χ0n) is 11.9. The number of rotatable bonds is 4. The maximum Gasteiger partial charge on any atom is 0.251 e. The summed E-state index contributed by atoms with van der Waals surface area (Å²) in [6.07, 6.45) is 2.71. The number of fused-ring (bicyclic) bond motifs is 1. The van der Waals surface area contributed by atoms with E-state index in [-0.39, 0.29) is 5.91 Å². The van der Waals surface area contributed by atoms with Crippen molar-refractivity contribution in [2.24, 2.45) is 0 Å². The lowest BCUT2D eigenvalue weighted by molar-refractivity contribution is 0.0951. The van der Waals surface area contributed by atoms with Gasteiger partial charge in [0.1, 0.15) is 0 Å². The van der Waals surface area contributed by atoms with Gasteiger partial charge in [-0.05, 0) is 29.7 Å². The summed E-state index contributed by atoms with van der Waals surface area (Å²) in [7, 11) is 0. The highest BCUT2D eigenvalue weighted by Crippen LogP contribution is 2.13. The third kappa shape index (κ3) is 2.79. The molecule has 106 valence electrons. The van der Waals surface area contributed by atoms with Crippen LogP contribution in [-0.4, -0.2) is 16.1 Å². The number of hydrogen-bond acceptors (Lipinski definition) is 2. The van der Waals surface area contributed by atoms with Gasteiger partial charge in [-0.3, -0.25) is 9.89 Å². The van der Waals surface area contributed by atoms with Crippen molar-refractivity contribution in [3.05, 3.63) is 65.4 Å². The van der Waals surface area contributed by atoms with Crippen molar-refractivity contribution in [1.82, 2.24) is 15.5 Å². The number of carbonyl (C=O) groups is 1. The van der Waals surface area contributed by atoms with Crippen molar-refractivity contribution >= 4 is 16.8 Å². The average Bonchev–Trinajstić information content (AvgIpc) is 3.00. The molecule has 0 saturated heterocycles. The smallest absolute Gasteiger partial charge is 0.251 e. The first-order valence-corrected chi connectivity index (χ1v) is 7.06. The first kappa shape index (κ1) is 13.4. The number of amides is 1. The number of benzene rings is 2. The van der Waals surface area contributed by atoms with Gasteiger partial charge >= 0.3 is 0 Å². The Hall–Kier alpha value is -2.62. The van der Waals surface area contributed by atoms with E-state index >= 15 is 0 Å². The van der Waals surface area contributed by atoms with Gasteiger partial charge in [0, 0.05) is 17.5 Å². The molecule has 0 radical (unpaired) electrons. The third-order valence-corrected chi connectivity index (χ3v) is 3.64. The second kappa shape index (κ2) is 5.79. The van der Waals surface area contributed by atoms with Crippen LogP contribution in [0.2, 0.25) is 0 Å². The van der Waals surface area contributed by atoms with Crippen LogP contribution in [-0.2, 0) is 13.0 Å². The Morgan fingerprint density at radius 3 is 2.81 bits per heavy atom. The van der Waals surface area contributed by atoms with Crippen molar-refractivity contribution in [3.8, 4) is 0 Å². The maximum absolute atomic E-state index is 12.2. The number of carbonyl (C=O) groups excluding carboxylic acids is 1. The first-order valence-electron chi connectivity index (χ1n) is 7.06. The zero-order chi connectivity index (χ0) is 14.7. The van der Waals surface area contributed by atoms with Crippen molar-refractivity contribution in [1.29, 1.82) is 0 Å². The molecule has 0 aliphatic carbocycles. The fourth-order valence-corrected chi connectivity index (χ4v) is 2.43. The lowest BCUT2D eigenvalue weighted by Crippen LogP contribution is -2.23. The largest absolute Gasteiger partial charge is 0.348 e. The number of aromatic nitrogens is 2. The Morgan fingerprint density at radius 2 is 2.00 bits per heavy atom. The van der Waals surface area contributed by atoms with Gasteiger partial charge in [0.05, 0.1) is 11.7 Å². The molecule has 1 heterocycles. The van der Waals surface area contributed by atoms with E-state index in [1.165, 1.54) is 5.56 Å². The van der Waals surface area contributed by atoms with E-state index in [1.54, 1.807) is 6.20 Å². The fraction of sp³-hybridized carbons (Fsp3) is 0.176. The van der Waals surface area contributed by atoms with Gasteiger partial charge in [-0.25, -0.2) is 0 Å². The van der Waals surface area contributed by atoms with E-state index in [4.69, 9.17) is 0 Å². The number of H-pyrrole nitrogens is 1. The van der Waals surface area contributed by atoms with Crippen LogP contribution >= 0.6 is 0 Å². The molecule has 3 rings (SSSR count). The number of aryl methyl sites for hydroxylation is 1. The average molecular weight is 279 g/mol.